The number of fused-ring (bicyclic) bond motifs is 1. The summed E-state index contributed by atoms with van der Waals surface area (Å²) in [5.41, 5.74) is 6.03. The summed E-state index contributed by atoms with van der Waals surface area (Å²) in [7, 11) is -3.87. The van der Waals surface area contributed by atoms with Crippen molar-refractivity contribution >= 4 is 21.7 Å². The molecule has 1 amide bonds. The summed E-state index contributed by atoms with van der Waals surface area (Å²) in [6, 6.07) is 2.76. The molecule has 3 heterocycles. The Morgan fingerprint density at radius 3 is 2.73 bits per heavy atom. The van der Waals surface area contributed by atoms with E-state index in [0.717, 1.165) is 12.8 Å². The zero-order valence-corrected chi connectivity index (χ0v) is 15.1. The van der Waals surface area contributed by atoms with Gasteiger partial charge in [-0.05, 0) is 30.9 Å². The lowest BCUT2D eigenvalue weighted by Crippen LogP contribution is -2.49. The lowest BCUT2D eigenvalue weighted by molar-refractivity contribution is -0.137. The van der Waals surface area contributed by atoms with Crippen LogP contribution >= 0.6 is 0 Å². The summed E-state index contributed by atoms with van der Waals surface area (Å²) in [4.78, 5) is 30.7. The number of carbonyl (C=O) groups is 2. The van der Waals surface area contributed by atoms with Gasteiger partial charge in [0.25, 0.3) is 10.0 Å². The average molecular weight is 378 g/mol. The Labute approximate surface area is 152 Å². The van der Waals surface area contributed by atoms with E-state index in [9.17, 15) is 18.0 Å². The highest BCUT2D eigenvalue weighted by atomic mass is 32.2. The monoisotopic (exact) mass is 378 g/mol. The average Bonchev–Trinajstić information content (AvgIpc) is 3.23. The van der Waals surface area contributed by atoms with Gasteiger partial charge in [-0.15, -0.1) is 0 Å². The topological polar surface area (TPSA) is 114 Å². The van der Waals surface area contributed by atoms with Gasteiger partial charge in [0, 0.05) is 12.7 Å². The summed E-state index contributed by atoms with van der Waals surface area (Å²) < 4.78 is 26.9. The molecule has 0 spiro atoms. The van der Waals surface area contributed by atoms with Gasteiger partial charge in [0.1, 0.15) is 6.04 Å². The number of carbonyl (C=O) groups excluding carboxylic acids is 2. The number of aromatic nitrogens is 1. The first-order valence-electron chi connectivity index (χ1n) is 8.91. The quantitative estimate of drug-likeness (QED) is 0.756. The maximum atomic E-state index is 12.9. The van der Waals surface area contributed by atoms with Crippen molar-refractivity contribution in [1.29, 1.82) is 0 Å². The number of nitrogens with zero attached hydrogens (tertiary/aromatic N) is 3. The van der Waals surface area contributed by atoms with Crippen LogP contribution in [0.5, 0.6) is 0 Å². The number of sulfonamides is 1. The molecule has 3 unspecified atom stereocenters. The lowest BCUT2D eigenvalue weighted by Gasteiger charge is -2.26. The van der Waals surface area contributed by atoms with Crippen LogP contribution < -0.4 is 5.73 Å². The first-order valence-corrected chi connectivity index (χ1v) is 10.4. The van der Waals surface area contributed by atoms with Crippen molar-refractivity contribution in [3.05, 3.63) is 24.4 Å². The number of ketones is 1. The zero-order valence-electron chi connectivity index (χ0n) is 14.3. The highest BCUT2D eigenvalue weighted by molar-refractivity contribution is 7.89. The van der Waals surface area contributed by atoms with Crippen LogP contribution in [-0.4, -0.2) is 65.5 Å². The van der Waals surface area contributed by atoms with Crippen LogP contribution in [0, 0.1) is 5.92 Å². The summed E-state index contributed by atoms with van der Waals surface area (Å²) in [5.74, 6) is 0.0153. The number of likely N-dealkylation sites (tertiary alicyclic amines) is 1. The van der Waals surface area contributed by atoms with Crippen molar-refractivity contribution in [1.82, 2.24) is 14.2 Å². The van der Waals surface area contributed by atoms with Crippen molar-refractivity contribution in [3.8, 4) is 0 Å². The number of Topliss-reactive ketones (excluding diaryl/α,β-unsaturated/α-hetero) is 1. The molecule has 8 nitrogen and oxygen atoms in total. The predicted octanol–water partition coefficient (Wildman–Crippen LogP) is -0.248. The minimum atomic E-state index is -3.87. The minimum absolute atomic E-state index is 0.0799. The van der Waals surface area contributed by atoms with E-state index in [4.69, 9.17) is 5.73 Å². The number of amides is 1. The Morgan fingerprint density at radius 1 is 1.31 bits per heavy atom. The van der Waals surface area contributed by atoms with Crippen LogP contribution in [-0.2, 0) is 19.6 Å². The molecule has 140 valence electrons. The largest absolute Gasteiger partial charge is 0.330 e. The van der Waals surface area contributed by atoms with Crippen molar-refractivity contribution < 1.29 is 18.0 Å². The molecule has 9 heteroatoms. The maximum Gasteiger partial charge on any atom is 0.261 e. The van der Waals surface area contributed by atoms with Gasteiger partial charge in [0.2, 0.25) is 5.91 Å². The third kappa shape index (κ3) is 2.93. The third-order valence-corrected chi connectivity index (χ3v) is 7.26. The molecule has 26 heavy (non-hydrogen) atoms. The van der Waals surface area contributed by atoms with Crippen LogP contribution in [0.15, 0.2) is 29.4 Å². The predicted molar refractivity (Wildman–Crippen MR) is 92.4 cm³/mol. The molecule has 2 aliphatic heterocycles. The van der Waals surface area contributed by atoms with Gasteiger partial charge >= 0.3 is 0 Å². The van der Waals surface area contributed by atoms with E-state index in [-0.39, 0.29) is 23.3 Å². The number of rotatable bonds is 5. The van der Waals surface area contributed by atoms with Gasteiger partial charge in [-0.25, -0.2) is 13.4 Å². The number of hydrogen-bond donors (Lipinski definition) is 1. The Bertz CT molecular complexity index is 824. The van der Waals surface area contributed by atoms with E-state index in [1.54, 1.807) is 12.1 Å². The molecule has 0 aromatic carbocycles. The Balaban J connectivity index is 1.55. The fraction of sp³-hybridized carbons (Fsp3) is 0.588. The number of nitrogens with two attached hydrogens (primary N) is 1. The van der Waals surface area contributed by atoms with E-state index in [0.29, 0.717) is 25.3 Å². The molecule has 3 atom stereocenters. The molecule has 2 saturated heterocycles. The molecule has 2 N–H and O–H groups in total. The fourth-order valence-corrected chi connectivity index (χ4v) is 5.55. The van der Waals surface area contributed by atoms with E-state index in [2.05, 4.69) is 4.98 Å². The molecule has 0 radical (unpaired) electrons. The zero-order chi connectivity index (χ0) is 18.5. The molecule has 1 aliphatic carbocycles. The first-order chi connectivity index (χ1) is 12.4. The number of pyridine rings is 1. The van der Waals surface area contributed by atoms with Crippen LogP contribution in [0.25, 0.3) is 0 Å². The van der Waals surface area contributed by atoms with Crippen LogP contribution in [0.3, 0.4) is 0 Å². The summed E-state index contributed by atoms with van der Waals surface area (Å²) in [6.07, 6.45) is 4.68. The molecular formula is C17H22N4O4S. The van der Waals surface area contributed by atoms with Gasteiger partial charge in [-0.2, -0.15) is 4.31 Å². The summed E-state index contributed by atoms with van der Waals surface area (Å²) >= 11 is 0. The highest BCUT2D eigenvalue weighted by Gasteiger charge is 2.54. The molecule has 1 aromatic rings. The molecule has 1 aromatic heterocycles. The van der Waals surface area contributed by atoms with E-state index in [1.165, 1.54) is 21.5 Å². The van der Waals surface area contributed by atoms with Crippen LogP contribution in [0.1, 0.15) is 25.7 Å². The Morgan fingerprint density at radius 2 is 2.08 bits per heavy atom. The highest BCUT2D eigenvalue weighted by Crippen LogP contribution is 2.36. The van der Waals surface area contributed by atoms with Gasteiger partial charge in [0.05, 0.1) is 18.6 Å². The summed E-state index contributed by atoms with van der Waals surface area (Å²) in [5, 5.41) is -0.0799. The summed E-state index contributed by atoms with van der Waals surface area (Å²) in [6.45, 7) is 0.127. The minimum Gasteiger partial charge on any atom is -0.330 e. The Kier molecular flexibility index (Phi) is 4.32. The third-order valence-electron chi connectivity index (χ3n) is 5.47. The van der Waals surface area contributed by atoms with Gasteiger partial charge in [-0.1, -0.05) is 18.9 Å². The fourth-order valence-electron chi connectivity index (χ4n) is 3.99. The van der Waals surface area contributed by atoms with E-state index >= 15 is 0 Å². The molecule has 0 bridgehead atoms. The second kappa shape index (κ2) is 6.40. The van der Waals surface area contributed by atoms with Crippen molar-refractivity contribution in [2.75, 3.05) is 13.1 Å². The molecule has 3 fully saturated rings. The second-order valence-corrected chi connectivity index (χ2v) is 9.14. The van der Waals surface area contributed by atoms with Gasteiger partial charge in [-0.3, -0.25) is 9.59 Å². The van der Waals surface area contributed by atoms with Crippen LogP contribution in [0.2, 0.25) is 0 Å². The van der Waals surface area contributed by atoms with Gasteiger partial charge in [0.15, 0.2) is 10.8 Å². The normalized spacial score (nSPS) is 27.6. The van der Waals surface area contributed by atoms with E-state index in [1.807, 2.05) is 0 Å². The molecule has 3 aliphatic rings. The van der Waals surface area contributed by atoms with Crippen molar-refractivity contribution in [2.24, 2.45) is 11.7 Å². The van der Waals surface area contributed by atoms with Crippen molar-refractivity contribution in [2.45, 2.75) is 48.8 Å². The maximum absolute atomic E-state index is 12.9. The lowest BCUT2D eigenvalue weighted by atomic mass is 10.1. The van der Waals surface area contributed by atoms with E-state index < -0.39 is 28.1 Å². The Hall–Kier alpha value is -1.84. The molecular weight excluding hydrogens is 356 g/mol. The van der Waals surface area contributed by atoms with Gasteiger partial charge < -0.3 is 10.6 Å². The van der Waals surface area contributed by atoms with Crippen molar-refractivity contribution in [3.63, 3.8) is 0 Å². The molecule has 1 saturated carbocycles. The smallest absolute Gasteiger partial charge is 0.261 e. The second-order valence-electron chi connectivity index (χ2n) is 7.30. The molecule has 4 rings (SSSR count). The SMILES string of the molecule is NC(CC1CC1)C(=O)N1CCC2C1C(=O)CN2S(=O)(=O)c1ccccn1. The standard InChI is InChI=1S/C17H22N4O4S/c18-12(9-11-4-5-11)17(23)20-8-6-13-16(20)14(22)10-21(13)26(24,25)15-3-1-2-7-19-15/h1-3,7,11-13,16H,4-6,8-10,18H2. The first kappa shape index (κ1) is 17.6. The van der Waals surface area contributed by atoms with Crippen LogP contribution in [0.4, 0.5) is 0 Å². The number of hydrogen-bond acceptors (Lipinski definition) is 6.